The molecule has 0 heterocycles. The van der Waals surface area contributed by atoms with E-state index in [1.807, 2.05) is 0 Å². The molecule has 0 saturated heterocycles. The van der Waals surface area contributed by atoms with Crippen LogP contribution in [-0.2, 0) is 4.79 Å². The van der Waals surface area contributed by atoms with E-state index in [9.17, 15) is 14.4 Å². The standard InChI is InChI=1S/C18H13Cl2FN2O2/c19-11-3-6-17(25-18(24)10-1-2-10)13(7-11)16(9-22)23-12-4-5-15(21)14(20)8-12/h3-8,10,16,23H,1-2H2. The lowest BCUT2D eigenvalue weighted by Gasteiger charge is -2.17. The number of nitriles is 1. The van der Waals surface area contributed by atoms with Crippen molar-refractivity contribution in [3.63, 3.8) is 0 Å². The second-order valence-electron chi connectivity index (χ2n) is 5.71. The summed E-state index contributed by atoms with van der Waals surface area (Å²) in [7, 11) is 0. The minimum Gasteiger partial charge on any atom is -0.426 e. The molecule has 4 nitrogen and oxygen atoms in total. The van der Waals surface area contributed by atoms with Gasteiger partial charge >= 0.3 is 5.97 Å². The third kappa shape index (κ3) is 4.22. The number of hydrogen-bond donors (Lipinski definition) is 1. The molecule has 128 valence electrons. The van der Waals surface area contributed by atoms with Gasteiger partial charge in [-0.3, -0.25) is 4.79 Å². The predicted octanol–water partition coefficient (Wildman–Crippen LogP) is 5.12. The number of rotatable bonds is 5. The molecule has 1 N–H and O–H groups in total. The van der Waals surface area contributed by atoms with Gasteiger partial charge in [0.25, 0.3) is 0 Å². The molecule has 0 bridgehead atoms. The highest BCUT2D eigenvalue weighted by Crippen LogP contribution is 2.35. The van der Waals surface area contributed by atoms with Crippen molar-refractivity contribution in [1.82, 2.24) is 0 Å². The van der Waals surface area contributed by atoms with Gasteiger partial charge in [0.15, 0.2) is 0 Å². The number of anilines is 1. The first-order valence-electron chi connectivity index (χ1n) is 7.60. The second kappa shape index (κ2) is 7.30. The van der Waals surface area contributed by atoms with Gasteiger partial charge in [-0.2, -0.15) is 5.26 Å². The molecular formula is C18H13Cl2FN2O2. The van der Waals surface area contributed by atoms with E-state index in [1.165, 1.54) is 18.2 Å². The lowest BCUT2D eigenvalue weighted by atomic mass is 10.1. The van der Waals surface area contributed by atoms with E-state index in [4.69, 9.17) is 27.9 Å². The van der Waals surface area contributed by atoms with Crippen LogP contribution in [0.4, 0.5) is 10.1 Å². The normalized spacial score (nSPS) is 14.5. The number of benzene rings is 2. The molecule has 1 atom stereocenters. The first-order valence-corrected chi connectivity index (χ1v) is 8.36. The van der Waals surface area contributed by atoms with Crippen LogP contribution in [0.5, 0.6) is 5.75 Å². The van der Waals surface area contributed by atoms with Crippen molar-refractivity contribution in [3.8, 4) is 11.8 Å². The summed E-state index contributed by atoms with van der Waals surface area (Å²) in [6.45, 7) is 0. The van der Waals surface area contributed by atoms with Gasteiger partial charge < -0.3 is 10.1 Å². The van der Waals surface area contributed by atoms with Crippen LogP contribution in [0.25, 0.3) is 0 Å². The van der Waals surface area contributed by atoms with E-state index in [0.29, 0.717) is 16.3 Å². The zero-order valence-electron chi connectivity index (χ0n) is 12.9. The molecule has 0 aliphatic heterocycles. The molecule has 0 amide bonds. The maximum atomic E-state index is 13.3. The van der Waals surface area contributed by atoms with Crippen LogP contribution in [0.3, 0.4) is 0 Å². The van der Waals surface area contributed by atoms with Gasteiger partial charge in [0, 0.05) is 16.3 Å². The van der Waals surface area contributed by atoms with Crippen LogP contribution >= 0.6 is 23.2 Å². The Balaban J connectivity index is 1.88. The second-order valence-corrected chi connectivity index (χ2v) is 6.56. The van der Waals surface area contributed by atoms with Crippen LogP contribution in [-0.4, -0.2) is 5.97 Å². The Hall–Kier alpha value is -2.29. The fraction of sp³-hybridized carbons (Fsp3) is 0.222. The fourth-order valence-corrected chi connectivity index (χ4v) is 2.64. The molecule has 25 heavy (non-hydrogen) atoms. The Labute approximate surface area is 154 Å². The molecular weight excluding hydrogens is 366 g/mol. The Morgan fingerprint density at radius 1 is 1.28 bits per heavy atom. The maximum Gasteiger partial charge on any atom is 0.314 e. The summed E-state index contributed by atoms with van der Waals surface area (Å²) < 4.78 is 18.7. The van der Waals surface area contributed by atoms with Gasteiger partial charge in [-0.05, 0) is 49.2 Å². The molecule has 1 aliphatic carbocycles. The number of carbonyl (C=O) groups is 1. The number of esters is 1. The largest absolute Gasteiger partial charge is 0.426 e. The van der Waals surface area contributed by atoms with Gasteiger partial charge in [-0.25, -0.2) is 4.39 Å². The van der Waals surface area contributed by atoms with Gasteiger partial charge in [0.1, 0.15) is 17.6 Å². The molecule has 2 aromatic carbocycles. The zero-order valence-corrected chi connectivity index (χ0v) is 14.4. The van der Waals surface area contributed by atoms with Gasteiger partial charge in [0.05, 0.1) is 17.0 Å². The van der Waals surface area contributed by atoms with E-state index < -0.39 is 11.9 Å². The number of nitrogens with zero attached hydrogens (tertiary/aromatic N) is 1. The summed E-state index contributed by atoms with van der Waals surface area (Å²) in [5, 5.41) is 12.8. The monoisotopic (exact) mass is 378 g/mol. The Bertz CT molecular complexity index is 863. The SMILES string of the molecule is N#CC(Nc1ccc(F)c(Cl)c1)c1cc(Cl)ccc1OC(=O)C1CC1. The van der Waals surface area contributed by atoms with Crippen molar-refractivity contribution < 1.29 is 13.9 Å². The van der Waals surface area contributed by atoms with Crippen LogP contribution in [0.1, 0.15) is 24.4 Å². The first kappa shape index (κ1) is 17.5. The predicted molar refractivity (Wildman–Crippen MR) is 93.2 cm³/mol. The summed E-state index contributed by atoms with van der Waals surface area (Å²) in [5.41, 5.74) is 0.877. The minimum atomic E-state index is -0.859. The number of ether oxygens (including phenoxy) is 1. The Morgan fingerprint density at radius 3 is 2.68 bits per heavy atom. The van der Waals surface area contributed by atoms with E-state index in [2.05, 4.69) is 11.4 Å². The van der Waals surface area contributed by atoms with Crippen molar-refractivity contribution >= 4 is 34.9 Å². The third-order valence-electron chi connectivity index (χ3n) is 3.76. The highest BCUT2D eigenvalue weighted by molar-refractivity contribution is 6.31. The number of hydrogen-bond acceptors (Lipinski definition) is 4. The van der Waals surface area contributed by atoms with Crippen molar-refractivity contribution in [3.05, 3.63) is 57.8 Å². The molecule has 7 heteroatoms. The summed E-state index contributed by atoms with van der Waals surface area (Å²) in [6, 6.07) is 9.97. The smallest absolute Gasteiger partial charge is 0.314 e. The molecule has 2 aromatic rings. The van der Waals surface area contributed by atoms with Crippen molar-refractivity contribution in [2.75, 3.05) is 5.32 Å². The number of carbonyl (C=O) groups excluding carboxylic acids is 1. The van der Waals surface area contributed by atoms with Crippen LogP contribution in [0.15, 0.2) is 36.4 Å². The van der Waals surface area contributed by atoms with Crippen molar-refractivity contribution in [2.45, 2.75) is 18.9 Å². The molecule has 0 spiro atoms. The number of nitrogens with one attached hydrogen (secondary N) is 1. The van der Waals surface area contributed by atoms with E-state index in [0.717, 1.165) is 12.8 Å². The maximum absolute atomic E-state index is 13.3. The third-order valence-corrected chi connectivity index (χ3v) is 4.29. The van der Waals surface area contributed by atoms with Gasteiger partial charge in [0.2, 0.25) is 0 Å². The van der Waals surface area contributed by atoms with Crippen molar-refractivity contribution in [2.24, 2.45) is 5.92 Å². The molecule has 1 fully saturated rings. The minimum absolute atomic E-state index is 0.0619. The van der Waals surface area contributed by atoms with Gasteiger partial charge in [-0.1, -0.05) is 23.2 Å². The molecule has 0 radical (unpaired) electrons. The Morgan fingerprint density at radius 2 is 2.04 bits per heavy atom. The lowest BCUT2D eigenvalue weighted by molar-refractivity contribution is -0.135. The molecule has 1 unspecified atom stereocenters. The summed E-state index contributed by atoms with van der Waals surface area (Å²) >= 11 is 11.8. The van der Waals surface area contributed by atoms with Crippen LogP contribution < -0.4 is 10.1 Å². The molecule has 1 saturated carbocycles. The van der Waals surface area contributed by atoms with E-state index in [-0.39, 0.29) is 22.7 Å². The average Bonchev–Trinajstić information content (AvgIpc) is 3.42. The first-order chi connectivity index (χ1) is 12.0. The zero-order chi connectivity index (χ0) is 18.0. The van der Waals surface area contributed by atoms with E-state index >= 15 is 0 Å². The highest BCUT2D eigenvalue weighted by Gasteiger charge is 2.32. The molecule has 3 rings (SSSR count). The van der Waals surface area contributed by atoms with Crippen LogP contribution in [0.2, 0.25) is 10.0 Å². The van der Waals surface area contributed by atoms with Crippen LogP contribution in [0, 0.1) is 23.1 Å². The molecule has 1 aliphatic rings. The van der Waals surface area contributed by atoms with Gasteiger partial charge in [-0.15, -0.1) is 0 Å². The highest BCUT2D eigenvalue weighted by atomic mass is 35.5. The average molecular weight is 379 g/mol. The quantitative estimate of drug-likeness (QED) is 0.578. The number of halogens is 3. The van der Waals surface area contributed by atoms with Crippen molar-refractivity contribution in [1.29, 1.82) is 5.26 Å². The topological polar surface area (TPSA) is 62.1 Å². The summed E-state index contributed by atoms with van der Waals surface area (Å²) in [5.74, 6) is -0.672. The summed E-state index contributed by atoms with van der Waals surface area (Å²) in [6.07, 6.45) is 1.63. The lowest BCUT2D eigenvalue weighted by Crippen LogP contribution is -2.15. The molecule has 0 aromatic heterocycles. The Kier molecular flexibility index (Phi) is 5.12. The van der Waals surface area contributed by atoms with E-state index in [1.54, 1.807) is 18.2 Å². The fourth-order valence-electron chi connectivity index (χ4n) is 2.28. The summed E-state index contributed by atoms with van der Waals surface area (Å²) in [4.78, 5) is 11.9.